The summed E-state index contributed by atoms with van der Waals surface area (Å²) in [6, 6.07) is 24.4. The first-order chi connectivity index (χ1) is 17.6. The average Bonchev–Trinajstić information content (AvgIpc) is 2.90. The van der Waals surface area contributed by atoms with Gasteiger partial charge in [-0.2, -0.15) is 0 Å². The standard InChI is InChI=1S/C29H34N2O5/c1-2-30(28(32)19-10-5-11-21-35-22-20-24-13-6-3-7-14-24)26-17-12-18-27(31(33)34)29(26)36-23-25-15-8-4-9-16-25/h3-4,6-9,12-18H,2,5,10-11,19-23H2,1H3. The van der Waals surface area contributed by atoms with E-state index < -0.39 is 4.92 Å². The van der Waals surface area contributed by atoms with E-state index in [1.807, 2.05) is 55.5 Å². The summed E-state index contributed by atoms with van der Waals surface area (Å²) in [5.41, 5.74) is 2.43. The highest BCUT2D eigenvalue weighted by Gasteiger charge is 2.25. The molecule has 0 N–H and O–H groups in total. The Morgan fingerprint density at radius 2 is 1.56 bits per heavy atom. The van der Waals surface area contributed by atoms with Gasteiger partial charge < -0.3 is 14.4 Å². The van der Waals surface area contributed by atoms with Gasteiger partial charge in [0, 0.05) is 25.6 Å². The van der Waals surface area contributed by atoms with Crippen molar-refractivity contribution in [3.63, 3.8) is 0 Å². The van der Waals surface area contributed by atoms with Crippen LogP contribution in [0.4, 0.5) is 11.4 Å². The van der Waals surface area contributed by atoms with Gasteiger partial charge in [-0.05, 0) is 43.4 Å². The quantitative estimate of drug-likeness (QED) is 0.141. The van der Waals surface area contributed by atoms with Gasteiger partial charge in [0.1, 0.15) is 6.61 Å². The van der Waals surface area contributed by atoms with E-state index in [9.17, 15) is 14.9 Å². The molecule has 0 unspecified atom stereocenters. The zero-order chi connectivity index (χ0) is 25.6. The highest BCUT2D eigenvalue weighted by molar-refractivity contribution is 5.95. The van der Waals surface area contributed by atoms with E-state index in [1.54, 1.807) is 17.0 Å². The van der Waals surface area contributed by atoms with Gasteiger partial charge in [-0.1, -0.05) is 73.2 Å². The van der Waals surface area contributed by atoms with Crippen LogP contribution in [0.5, 0.6) is 5.75 Å². The Kier molecular flexibility index (Phi) is 10.9. The van der Waals surface area contributed by atoms with Crippen molar-refractivity contribution in [3.05, 3.63) is 100 Å². The number of hydrogen-bond donors (Lipinski definition) is 0. The number of benzene rings is 3. The molecule has 0 bridgehead atoms. The minimum atomic E-state index is -0.472. The molecule has 3 aromatic rings. The number of rotatable bonds is 15. The van der Waals surface area contributed by atoms with Gasteiger partial charge in [0.25, 0.3) is 0 Å². The van der Waals surface area contributed by atoms with Crippen molar-refractivity contribution in [3.8, 4) is 5.75 Å². The first-order valence-corrected chi connectivity index (χ1v) is 12.5. The van der Waals surface area contributed by atoms with E-state index in [0.29, 0.717) is 31.9 Å². The van der Waals surface area contributed by atoms with Crippen LogP contribution in [0.1, 0.15) is 43.7 Å². The summed E-state index contributed by atoms with van der Waals surface area (Å²) in [5, 5.41) is 11.7. The summed E-state index contributed by atoms with van der Waals surface area (Å²) in [4.78, 5) is 25.8. The van der Waals surface area contributed by atoms with Gasteiger partial charge >= 0.3 is 5.69 Å². The maximum absolute atomic E-state index is 13.0. The summed E-state index contributed by atoms with van der Waals surface area (Å²) in [7, 11) is 0. The summed E-state index contributed by atoms with van der Waals surface area (Å²) in [5.74, 6) is 0.0425. The predicted octanol–water partition coefficient (Wildman–Crippen LogP) is 6.35. The molecule has 0 aliphatic rings. The molecule has 0 radical (unpaired) electrons. The van der Waals surface area contributed by atoms with E-state index in [1.165, 1.54) is 11.6 Å². The van der Waals surface area contributed by atoms with Gasteiger partial charge in [0.05, 0.1) is 17.2 Å². The highest BCUT2D eigenvalue weighted by atomic mass is 16.6. The number of nitrogens with zero attached hydrogens (tertiary/aromatic N) is 2. The first kappa shape index (κ1) is 26.9. The Morgan fingerprint density at radius 3 is 2.22 bits per heavy atom. The lowest BCUT2D eigenvalue weighted by Crippen LogP contribution is -2.31. The van der Waals surface area contributed by atoms with Gasteiger partial charge in [0.15, 0.2) is 0 Å². The van der Waals surface area contributed by atoms with Gasteiger partial charge in [-0.3, -0.25) is 14.9 Å². The molecular formula is C29H34N2O5. The molecule has 7 nitrogen and oxygen atoms in total. The summed E-state index contributed by atoms with van der Waals surface area (Å²) < 4.78 is 11.6. The monoisotopic (exact) mass is 490 g/mol. The third-order valence-corrected chi connectivity index (χ3v) is 5.86. The van der Waals surface area contributed by atoms with Crippen LogP contribution in [0.15, 0.2) is 78.9 Å². The number of nitro groups is 1. The smallest absolute Gasteiger partial charge is 0.313 e. The molecule has 0 spiro atoms. The van der Waals surface area contributed by atoms with Crippen molar-refractivity contribution in [1.29, 1.82) is 0 Å². The summed E-state index contributed by atoms with van der Waals surface area (Å²) in [6.45, 7) is 3.78. The lowest BCUT2D eigenvalue weighted by Gasteiger charge is -2.23. The molecule has 3 rings (SSSR count). The van der Waals surface area contributed by atoms with Gasteiger partial charge in [-0.25, -0.2) is 0 Å². The normalized spacial score (nSPS) is 10.7. The molecule has 0 aliphatic heterocycles. The van der Waals surface area contributed by atoms with E-state index in [4.69, 9.17) is 9.47 Å². The van der Waals surface area contributed by atoms with E-state index in [0.717, 1.165) is 31.2 Å². The number of amides is 1. The van der Waals surface area contributed by atoms with Crippen molar-refractivity contribution in [2.75, 3.05) is 24.7 Å². The lowest BCUT2D eigenvalue weighted by molar-refractivity contribution is -0.385. The lowest BCUT2D eigenvalue weighted by atomic mass is 10.1. The van der Waals surface area contributed by atoms with E-state index in [-0.39, 0.29) is 24.0 Å². The van der Waals surface area contributed by atoms with Crippen LogP contribution >= 0.6 is 0 Å². The third-order valence-electron chi connectivity index (χ3n) is 5.86. The van der Waals surface area contributed by atoms with Crippen LogP contribution < -0.4 is 9.64 Å². The second-order valence-electron chi connectivity index (χ2n) is 8.45. The zero-order valence-corrected chi connectivity index (χ0v) is 20.8. The van der Waals surface area contributed by atoms with E-state index in [2.05, 4.69) is 12.1 Å². The van der Waals surface area contributed by atoms with Gasteiger partial charge in [0.2, 0.25) is 11.7 Å². The van der Waals surface area contributed by atoms with Crippen molar-refractivity contribution in [2.45, 2.75) is 45.6 Å². The fraction of sp³-hybridized carbons (Fsp3) is 0.345. The molecule has 0 fully saturated rings. The average molecular weight is 491 g/mol. The maximum atomic E-state index is 13.0. The van der Waals surface area contributed by atoms with Crippen molar-refractivity contribution in [2.24, 2.45) is 0 Å². The minimum Gasteiger partial charge on any atom is -0.480 e. The molecule has 0 aromatic heterocycles. The van der Waals surface area contributed by atoms with Crippen molar-refractivity contribution < 1.29 is 19.2 Å². The topological polar surface area (TPSA) is 81.9 Å². The molecule has 0 atom stereocenters. The largest absolute Gasteiger partial charge is 0.480 e. The number of ether oxygens (including phenoxy) is 2. The maximum Gasteiger partial charge on any atom is 0.313 e. The molecule has 1 amide bonds. The number of para-hydroxylation sites is 1. The fourth-order valence-electron chi connectivity index (χ4n) is 3.96. The second kappa shape index (κ2) is 14.6. The Balaban J connectivity index is 1.51. The molecule has 0 aliphatic carbocycles. The van der Waals surface area contributed by atoms with Crippen LogP contribution in [0.3, 0.4) is 0 Å². The SMILES string of the molecule is CCN(C(=O)CCCCCOCCc1ccccc1)c1cccc([N+](=O)[O-])c1OCc1ccccc1. The summed E-state index contributed by atoms with van der Waals surface area (Å²) >= 11 is 0. The number of nitro benzene ring substituents is 1. The molecule has 36 heavy (non-hydrogen) atoms. The summed E-state index contributed by atoms with van der Waals surface area (Å²) in [6.07, 6.45) is 3.74. The first-order valence-electron chi connectivity index (χ1n) is 12.5. The Bertz CT molecular complexity index is 1090. The molecular weight excluding hydrogens is 456 g/mol. The minimum absolute atomic E-state index is 0.0763. The molecule has 190 valence electrons. The number of unbranched alkanes of at least 4 members (excludes halogenated alkanes) is 2. The number of carbonyl (C=O) groups excluding carboxylic acids is 1. The van der Waals surface area contributed by atoms with Crippen LogP contribution in [-0.2, 0) is 22.6 Å². The number of anilines is 1. The highest BCUT2D eigenvalue weighted by Crippen LogP contribution is 2.38. The number of carbonyl (C=O) groups is 1. The predicted molar refractivity (Wildman–Crippen MR) is 141 cm³/mol. The zero-order valence-electron chi connectivity index (χ0n) is 20.8. The fourth-order valence-corrected chi connectivity index (χ4v) is 3.96. The van der Waals surface area contributed by atoms with Crippen LogP contribution in [0, 0.1) is 10.1 Å². The second-order valence-corrected chi connectivity index (χ2v) is 8.45. The molecule has 0 heterocycles. The van der Waals surface area contributed by atoms with E-state index >= 15 is 0 Å². The molecule has 0 saturated heterocycles. The molecule has 3 aromatic carbocycles. The van der Waals surface area contributed by atoms with Crippen molar-refractivity contribution >= 4 is 17.3 Å². The van der Waals surface area contributed by atoms with Gasteiger partial charge in [-0.15, -0.1) is 0 Å². The third kappa shape index (κ3) is 8.20. The Hall–Kier alpha value is -3.71. The van der Waals surface area contributed by atoms with Crippen LogP contribution in [0.2, 0.25) is 0 Å². The Morgan fingerprint density at radius 1 is 0.861 bits per heavy atom. The Labute approximate surface area is 212 Å². The molecule has 7 heteroatoms. The van der Waals surface area contributed by atoms with Crippen LogP contribution in [0.25, 0.3) is 0 Å². The van der Waals surface area contributed by atoms with Crippen molar-refractivity contribution in [1.82, 2.24) is 0 Å². The van der Waals surface area contributed by atoms with Crippen LogP contribution in [-0.4, -0.2) is 30.6 Å². The molecule has 0 saturated carbocycles. The number of hydrogen-bond acceptors (Lipinski definition) is 5.